The number of amides is 2. The quantitative estimate of drug-likeness (QED) is 0.654. The highest BCUT2D eigenvalue weighted by Gasteiger charge is 2.39. The van der Waals surface area contributed by atoms with Gasteiger partial charge in [-0.05, 0) is 32.8 Å². The Labute approximate surface area is 206 Å². The van der Waals surface area contributed by atoms with Crippen LogP contribution in [0.15, 0.2) is 24.3 Å². The first-order chi connectivity index (χ1) is 16.9. The fourth-order valence-electron chi connectivity index (χ4n) is 5.46. The average Bonchev–Trinajstić information content (AvgIpc) is 3.48. The summed E-state index contributed by atoms with van der Waals surface area (Å²) in [5.74, 6) is 2.35. The lowest BCUT2D eigenvalue weighted by atomic mass is 10.0. The Morgan fingerprint density at radius 2 is 1.83 bits per heavy atom. The first-order valence-corrected chi connectivity index (χ1v) is 12.5. The van der Waals surface area contributed by atoms with Gasteiger partial charge in [0.2, 0.25) is 11.9 Å². The smallest absolute Gasteiger partial charge is 0.273 e. The molecule has 0 saturated carbocycles. The topological polar surface area (TPSA) is 82.1 Å². The first kappa shape index (κ1) is 23.4. The van der Waals surface area contributed by atoms with E-state index >= 15 is 0 Å². The molecule has 2 aromatic rings. The molecule has 9 heteroatoms. The van der Waals surface area contributed by atoms with Crippen LogP contribution in [0.25, 0.3) is 0 Å². The van der Waals surface area contributed by atoms with E-state index in [1.807, 2.05) is 41.8 Å². The number of aromatic nitrogens is 2. The van der Waals surface area contributed by atoms with Gasteiger partial charge < -0.3 is 24.3 Å². The molecule has 9 nitrogen and oxygen atoms in total. The molecule has 0 radical (unpaired) electrons. The standard InChI is InChI=1S/C26H34N6O3/c1-17(2)32-16-20-23(25(32)34)27-26(30-14-12-29(13-15-30)18(3)33)28-24(20)31-11-7-9-21(31)19-8-5-6-10-22(19)35-4/h5-6,8,10,17,21H,7,9,11-16H2,1-4H3. The van der Waals surface area contributed by atoms with Crippen LogP contribution in [-0.2, 0) is 11.3 Å². The third-order valence-electron chi connectivity index (χ3n) is 7.42. The molecule has 4 heterocycles. The number of carbonyl (C=O) groups is 2. The van der Waals surface area contributed by atoms with E-state index in [1.165, 1.54) is 0 Å². The SMILES string of the molecule is COc1ccccc1C1CCCN1c1nc(N2CCN(C(C)=O)CC2)nc2c1CN(C(C)C)C2=O. The second-order valence-electron chi connectivity index (χ2n) is 9.79. The van der Waals surface area contributed by atoms with Crippen LogP contribution in [0.3, 0.4) is 0 Å². The molecule has 1 aromatic heterocycles. The summed E-state index contributed by atoms with van der Waals surface area (Å²) in [5, 5.41) is 0. The number of nitrogens with zero attached hydrogens (tertiary/aromatic N) is 6. The summed E-state index contributed by atoms with van der Waals surface area (Å²) in [4.78, 5) is 43.2. The van der Waals surface area contributed by atoms with Crippen LogP contribution >= 0.6 is 0 Å². The Bertz CT molecular complexity index is 1130. The normalized spacial score (nSPS) is 20.1. The summed E-state index contributed by atoms with van der Waals surface area (Å²) in [6.07, 6.45) is 2.03. The maximum Gasteiger partial charge on any atom is 0.273 e. The van der Waals surface area contributed by atoms with Gasteiger partial charge in [-0.25, -0.2) is 4.98 Å². The summed E-state index contributed by atoms with van der Waals surface area (Å²) in [6.45, 7) is 9.61. The van der Waals surface area contributed by atoms with E-state index in [0.29, 0.717) is 44.4 Å². The number of anilines is 2. The largest absolute Gasteiger partial charge is 0.496 e. The molecule has 3 aliphatic heterocycles. The molecule has 0 N–H and O–H groups in total. The Morgan fingerprint density at radius 1 is 1.09 bits per heavy atom. The van der Waals surface area contributed by atoms with Gasteiger partial charge in [0, 0.05) is 56.8 Å². The molecule has 2 fully saturated rings. The fraction of sp³-hybridized carbons (Fsp3) is 0.538. The molecule has 186 valence electrons. The molecule has 2 saturated heterocycles. The average molecular weight is 479 g/mol. The van der Waals surface area contributed by atoms with Crippen molar-refractivity contribution in [2.75, 3.05) is 49.6 Å². The summed E-state index contributed by atoms with van der Waals surface area (Å²) in [7, 11) is 1.71. The van der Waals surface area contributed by atoms with Gasteiger partial charge in [-0.1, -0.05) is 18.2 Å². The number of carbonyl (C=O) groups excluding carboxylic acids is 2. The lowest BCUT2D eigenvalue weighted by Gasteiger charge is -2.35. The first-order valence-electron chi connectivity index (χ1n) is 12.5. The number of benzene rings is 1. The summed E-state index contributed by atoms with van der Waals surface area (Å²) < 4.78 is 5.69. The van der Waals surface area contributed by atoms with Crippen molar-refractivity contribution in [2.45, 2.75) is 52.2 Å². The Kier molecular flexibility index (Phi) is 6.25. The molecule has 1 aromatic carbocycles. The van der Waals surface area contributed by atoms with Gasteiger partial charge in [-0.15, -0.1) is 0 Å². The predicted octanol–water partition coefficient (Wildman–Crippen LogP) is 2.86. The van der Waals surface area contributed by atoms with Crippen molar-refractivity contribution >= 4 is 23.6 Å². The lowest BCUT2D eigenvalue weighted by molar-refractivity contribution is -0.129. The molecular weight excluding hydrogens is 444 g/mol. The number of rotatable bonds is 5. The van der Waals surface area contributed by atoms with Crippen LogP contribution < -0.4 is 14.5 Å². The molecule has 0 bridgehead atoms. The van der Waals surface area contributed by atoms with Gasteiger partial charge in [0.1, 0.15) is 17.3 Å². The predicted molar refractivity (Wildman–Crippen MR) is 134 cm³/mol. The Morgan fingerprint density at radius 3 is 2.51 bits per heavy atom. The highest BCUT2D eigenvalue weighted by atomic mass is 16.5. The van der Waals surface area contributed by atoms with Crippen molar-refractivity contribution in [3.63, 3.8) is 0 Å². The lowest BCUT2D eigenvalue weighted by Crippen LogP contribution is -2.48. The Balaban J connectivity index is 1.55. The van der Waals surface area contributed by atoms with Gasteiger partial charge in [0.05, 0.1) is 19.7 Å². The van der Waals surface area contributed by atoms with E-state index in [1.54, 1.807) is 14.0 Å². The van der Waals surface area contributed by atoms with Crippen molar-refractivity contribution in [1.29, 1.82) is 0 Å². The third-order valence-corrected chi connectivity index (χ3v) is 7.42. The van der Waals surface area contributed by atoms with E-state index in [9.17, 15) is 9.59 Å². The maximum absolute atomic E-state index is 13.4. The molecule has 0 aliphatic carbocycles. The van der Waals surface area contributed by atoms with Crippen LogP contribution in [0.1, 0.15) is 61.3 Å². The molecule has 3 aliphatic rings. The number of hydrogen-bond acceptors (Lipinski definition) is 7. The molecule has 35 heavy (non-hydrogen) atoms. The van der Waals surface area contributed by atoms with Gasteiger partial charge in [0.25, 0.3) is 5.91 Å². The minimum atomic E-state index is -0.0321. The summed E-state index contributed by atoms with van der Waals surface area (Å²) in [6, 6.07) is 8.35. The zero-order valence-electron chi connectivity index (χ0n) is 21.0. The Hall–Kier alpha value is -3.36. The number of para-hydroxylation sites is 1. The van der Waals surface area contributed by atoms with Gasteiger partial charge >= 0.3 is 0 Å². The molecule has 2 amide bonds. The highest BCUT2D eigenvalue weighted by molar-refractivity contribution is 5.98. The number of hydrogen-bond donors (Lipinski definition) is 0. The summed E-state index contributed by atoms with van der Waals surface area (Å²) >= 11 is 0. The monoisotopic (exact) mass is 478 g/mol. The minimum absolute atomic E-state index is 0.0321. The molecule has 1 unspecified atom stereocenters. The maximum atomic E-state index is 13.4. The van der Waals surface area contributed by atoms with Crippen LogP contribution in [0.4, 0.5) is 11.8 Å². The highest BCUT2D eigenvalue weighted by Crippen LogP contribution is 2.42. The van der Waals surface area contributed by atoms with Crippen LogP contribution in [-0.4, -0.2) is 77.5 Å². The van der Waals surface area contributed by atoms with Crippen molar-refractivity contribution in [2.24, 2.45) is 0 Å². The minimum Gasteiger partial charge on any atom is -0.496 e. The van der Waals surface area contributed by atoms with Crippen molar-refractivity contribution in [3.05, 3.63) is 41.1 Å². The van der Waals surface area contributed by atoms with Gasteiger partial charge in [0.15, 0.2) is 0 Å². The van der Waals surface area contributed by atoms with Crippen molar-refractivity contribution < 1.29 is 14.3 Å². The van der Waals surface area contributed by atoms with Crippen molar-refractivity contribution in [3.8, 4) is 5.75 Å². The van der Waals surface area contributed by atoms with E-state index in [-0.39, 0.29) is 23.9 Å². The number of ether oxygens (including phenoxy) is 1. The molecule has 0 spiro atoms. The number of methoxy groups -OCH3 is 1. The van der Waals surface area contributed by atoms with Gasteiger partial charge in [-0.2, -0.15) is 4.98 Å². The van der Waals surface area contributed by atoms with Gasteiger partial charge in [-0.3, -0.25) is 9.59 Å². The van der Waals surface area contributed by atoms with E-state index < -0.39 is 0 Å². The van der Waals surface area contributed by atoms with Crippen LogP contribution in [0.5, 0.6) is 5.75 Å². The molecule has 5 rings (SSSR count). The van der Waals surface area contributed by atoms with Crippen molar-refractivity contribution in [1.82, 2.24) is 19.8 Å². The molecular formula is C26H34N6O3. The fourth-order valence-corrected chi connectivity index (χ4v) is 5.46. The number of fused-ring (bicyclic) bond motifs is 1. The second kappa shape index (κ2) is 9.36. The summed E-state index contributed by atoms with van der Waals surface area (Å²) in [5.41, 5.74) is 2.57. The van der Waals surface area contributed by atoms with Crippen LogP contribution in [0.2, 0.25) is 0 Å². The third kappa shape index (κ3) is 4.17. The molecule has 1 atom stereocenters. The van der Waals surface area contributed by atoms with E-state index in [2.05, 4.69) is 15.9 Å². The second-order valence-corrected chi connectivity index (χ2v) is 9.79. The number of piperazine rings is 1. The van der Waals surface area contributed by atoms with E-state index in [0.717, 1.165) is 42.1 Å². The van der Waals surface area contributed by atoms with Crippen LogP contribution in [0, 0.1) is 0 Å². The zero-order chi connectivity index (χ0) is 24.7. The van der Waals surface area contributed by atoms with E-state index in [4.69, 9.17) is 14.7 Å². The zero-order valence-corrected chi connectivity index (χ0v) is 21.0.